The third kappa shape index (κ3) is 3.63. The van der Waals surface area contributed by atoms with Crippen molar-refractivity contribution >= 4 is 39.4 Å². The molecule has 0 spiro atoms. The molecule has 0 saturated heterocycles. The number of hydrogen-bond acceptors (Lipinski definition) is 2. The normalized spacial score (nSPS) is 14.1. The number of benzene rings is 1. The number of pyridine rings is 1. The summed E-state index contributed by atoms with van der Waals surface area (Å²) in [6.07, 6.45) is 5.91. The average molecular weight is 436 g/mol. The molecule has 1 aliphatic carbocycles. The Labute approximate surface area is 169 Å². The molecule has 2 heterocycles. The molecule has 0 amide bonds. The molecule has 0 unspecified atom stereocenters. The Balaban J connectivity index is 0.00000196. The van der Waals surface area contributed by atoms with E-state index in [1.165, 1.54) is 36.1 Å². The third-order valence-corrected chi connectivity index (χ3v) is 5.96. The van der Waals surface area contributed by atoms with Crippen molar-refractivity contribution in [2.45, 2.75) is 46.3 Å². The maximum Gasteiger partial charge on any atom is 0.147 e. The molecule has 3 aromatic rings. The monoisotopic (exact) mass is 434 g/mol. The highest BCUT2D eigenvalue weighted by atomic mass is 79.9. The molecular weight excluding hydrogens is 412 g/mol. The lowest BCUT2D eigenvalue weighted by Gasteiger charge is -2.27. The molecule has 3 nitrogen and oxygen atoms in total. The molecule has 26 heavy (non-hydrogen) atoms. The van der Waals surface area contributed by atoms with Gasteiger partial charge in [0.05, 0.1) is 5.52 Å². The largest absolute Gasteiger partial charge is 0.487 e. The van der Waals surface area contributed by atoms with Gasteiger partial charge < -0.3 is 9.30 Å². The van der Waals surface area contributed by atoms with Gasteiger partial charge in [-0.15, -0.1) is 12.4 Å². The number of nitrogens with zero attached hydrogens (tertiary/aromatic N) is 2. The molecule has 1 saturated carbocycles. The van der Waals surface area contributed by atoms with Crippen LogP contribution in [0.15, 0.2) is 41.0 Å². The number of aryl methyl sites for hydroxylation is 1. The maximum absolute atomic E-state index is 6.21. The molecule has 1 aromatic carbocycles. The summed E-state index contributed by atoms with van der Waals surface area (Å²) < 4.78 is 9.73. The van der Waals surface area contributed by atoms with E-state index in [1.807, 2.05) is 12.3 Å². The van der Waals surface area contributed by atoms with E-state index in [0.717, 1.165) is 33.7 Å². The van der Waals surface area contributed by atoms with Gasteiger partial charge in [0.15, 0.2) is 0 Å². The molecule has 1 aliphatic rings. The number of ether oxygens (including phenoxy) is 1. The lowest BCUT2D eigenvalue weighted by molar-refractivity contribution is 0.275. The first-order valence-electron chi connectivity index (χ1n) is 8.95. The third-order valence-electron chi connectivity index (χ3n) is 5.43. The van der Waals surface area contributed by atoms with Crippen LogP contribution in [-0.2, 0) is 13.2 Å². The van der Waals surface area contributed by atoms with Crippen LogP contribution >= 0.6 is 28.3 Å². The standard InChI is InChI=1S/C21H23BrN2O.ClH/c1-14-15(2)24(12-16-4-3-5-16)21-19(10-11-23-20(14)21)25-13-17-6-8-18(22)9-7-17;/h6-11,16H,3-5,12-13H2,1-2H3;1H. The predicted molar refractivity (Wildman–Crippen MR) is 112 cm³/mol. The molecule has 1 fully saturated rings. The molecule has 2 aromatic heterocycles. The fourth-order valence-electron chi connectivity index (χ4n) is 3.53. The summed E-state index contributed by atoms with van der Waals surface area (Å²) >= 11 is 3.48. The first-order valence-corrected chi connectivity index (χ1v) is 9.74. The van der Waals surface area contributed by atoms with E-state index in [0.29, 0.717) is 6.61 Å². The Morgan fingerprint density at radius 3 is 2.54 bits per heavy atom. The van der Waals surface area contributed by atoms with Gasteiger partial charge in [-0.25, -0.2) is 0 Å². The van der Waals surface area contributed by atoms with Gasteiger partial charge in [-0.1, -0.05) is 34.5 Å². The summed E-state index contributed by atoms with van der Waals surface area (Å²) in [7, 11) is 0. The lowest BCUT2D eigenvalue weighted by atomic mass is 9.85. The van der Waals surface area contributed by atoms with Crippen molar-refractivity contribution in [3.8, 4) is 5.75 Å². The minimum Gasteiger partial charge on any atom is -0.487 e. The van der Waals surface area contributed by atoms with Crippen molar-refractivity contribution in [2.24, 2.45) is 5.92 Å². The fourth-order valence-corrected chi connectivity index (χ4v) is 3.80. The van der Waals surface area contributed by atoms with Gasteiger partial charge in [-0.05, 0) is 55.9 Å². The van der Waals surface area contributed by atoms with Crippen molar-refractivity contribution in [3.05, 3.63) is 57.8 Å². The molecule has 0 bridgehead atoms. The fraction of sp³-hybridized carbons (Fsp3) is 0.381. The van der Waals surface area contributed by atoms with E-state index in [9.17, 15) is 0 Å². The molecule has 0 radical (unpaired) electrons. The van der Waals surface area contributed by atoms with Gasteiger partial charge in [0, 0.05) is 29.0 Å². The van der Waals surface area contributed by atoms with Gasteiger partial charge in [-0.3, -0.25) is 4.98 Å². The molecule has 4 rings (SSSR count). The van der Waals surface area contributed by atoms with Gasteiger partial charge in [0.25, 0.3) is 0 Å². The molecule has 0 N–H and O–H groups in total. The van der Waals surface area contributed by atoms with Gasteiger partial charge in [0.1, 0.15) is 17.9 Å². The van der Waals surface area contributed by atoms with Crippen LogP contribution in [0.4, 0.5) is 0 Å². The predicted octanol–water partition coefficient (Wildman–Crippen LogP) is 6.22. The zero-order valence-corrected chi connectivity index (χ0v) is 17.6. The second-order valence-electron chi connectivity index (χ2n) is 7.04. The highest BCUT2D eigenvalue weighted by Crippen LogP contribution is 2.35. The highest BCUT2D eigenvalue weighted by molar-refractivity contribution is 9.10. The lowest BCUT2D eigenvalue weighted by Crippen LogP contribution is -2.18. The van der Waals surface area contributed by atoms with Crippen LogP contribution in [0, 0.1) is 19.8 Å². The smallest absolute Gasteiger partial charge is 0.147 e. The Morgan fingerprint density at radius 2 is 1.88 bits per heavy atom. The average Bonchev–Trinajstić information content (AvgIpc) is 2.83. The summed E-state index contributed by atoms with van der Waals surface area (Å²) in [6.45, 7) is 6.02. The van der Waals surface area contributed by atoms with Crippen molar-refractivity contribution < 1.29 is 4.74 Å². The van der Waals surface area contributed by atoms with E-state index in [2.05, 4.69) is 63.6 Å². The second-order valence-corrected chi connectivity index (χ2v) is 7.96. The van der Waals surface area contributed by atoms with E-state index < -0.39 is 0 Å². The number of halogens is 2. The summed E-state index contributed by atoms with van der Waals surface area (Å²) in [6, 6.07) is 10.3. The van der Waals surface area contributed by atoms with Crippen LogP contribution in [0.3, 0.4) is 0 Å². The van der Waals surface area contributed by atoms with Gasteiger partial charge in [-0.2, -0.15) is 0 Å². The van der Waals surface area contributed by atoms with E-state index in [1.54, 1.807) is 0 Å². The number of aromatic nitrogens is 2. The minimum absolute atomic E-state index is 0. The Kier molecular flexibility index (Phi) is 5.93. The van der Waals surface area contributed by atoms with Crippen LogP contribution < -0.4 is 4.74 Å². The quantitative estimate of drug-likeness (QED) is 0.476. The summed E-state index contributed by atoms with van der Waals surface area (Å²) in [5, 5.41) is 0. The van der Waals surface area contributed by atoms with E-state index >= 15 is 0 Å². The van der Waals surface area contributed by atoms with Crippen molar-refractivity contribution in [1.82, 2.24) is 9.55 Å². The number of fused-ring (bicyclic) bond motifs is 1. The zero-order valence-electron chi connectivity index (χ0n) is 15.2. The van der Waals surface area contributed by atoms with Crippen molar-refractivity contribution in [3.63, 3.8) is 0 Å². The second kappa shape index (κ2) is 8.01. The topological polar surface area (TPSA) is 27.1 Å². The first kappa shape index (κ1) is 19.2. The van der Waals surface area contributed by atoms with Crippen LogP contribution in [0.1, 0.15) is 36.1 Å². The van der Waals surface area contributed by atoms with E-state index in [-0.39, 0.29) is 12.4 Å². The summed E-state index contributed by atoms with van der Waals surface area (Å²) in [4.78, 5) is 4.63. The van der Waals surface area contributed by atoms with Crippen LogP contribution in [0.2, 0.25) is 0 Å². The first-order chi connectivity index (χ1) is 12.1. The molecule has 5 heteroatoms. The molecule has 138 valence electrons. The van der Waals surface area contributed by atoms with Gasteiger partial charge in [0.2, 0.25) is 0 Å². The van der Waals surface area contributed by atoms with E-state index in [4.69, 9.17) is 4.74 Å². The van der Waals surface area contributed by atoms with Crippen LogP contribution in [-0.4, -0.2) is 9.55 Å². The SMILES string of the molecule is Cc1c(C)n(CC2CCC2)c2c(OCc3ccc(Br)cc3)ccnc12.Cl. The van der Waals surface area contributed by atoms with Crippen molar-refractivity contribution in [1.29, 1.82) is 0 Å². The Morgan fingerprint density at radius 1 is 1.15 bits per heavy atom. The number of rotatable bonds is 5. The van der Waals surface area contributed by atoms with Crippen LogP contribution in [0.25, 0.3) is 11.0 Å². The Bertz CT molecular complexity index is 901. The molecule has 0 aliphatic heterocycles. The van der Waals surface area contributed by atoms with Gasteiger partial charge >= 0.3 is 0 Å². The summed E-state index contributed by atoms with van der Waals surface area (Å²) in [5.41, 5.74) is 5.97. The number of hydrogen-bond donors (Lipinski definition) is 0. The van der Waals surface area contributed by atoms with Crippen molar-refractivity contribution in [2.75, 3.05) is 0 Å². The maximum atomic E-state index is 6.21. The minimum atomic E-state index is 0. The summed E-state index contributed by atoms with van der Waals surface area (Å²) in [5.74, 6) is 1.73. The highest BCUT2D eigenvalue weighted by Gasteiger charge is 2.22. The molecule has 0 atom stereocenters. The van der Waals surface area contributed by atoms with Crippen LogP contribution in [0.5, 0.6) is 5.75 Å². The molecular formula is C21H24BrClN2O. The Hall–Kier alpha value is -1.52. The zero-order chi connectivity index (χ0) is 17.4.